The quantitative estimate of drug-likeness (QED) is 0.840. The first-order valence-corrected chi connectivity index (χ1v) is 6.17. The summed E-state index contributed by atoms with van der Waals surface area (Å²) in [5.74, 6) is 0. The number of hydrogen-bond donors (Lipinski definition) is 2. The Bertz CT molecular complexity index is 418. The average Bonchev–Trinajstić information content (AvgIpc) is 2.73. The zero-order chi connectivity index (χ0) is 13.2. The standard InChI is InChI=1S/C13H20N4O/c1-13(2,9-14-3)17-8-11(16-12(17)18)10-5-4-6-15-7-10/h4-7,11,14H,8-9H2,1-3H3,(H,16,18). The maximum absolute atomic E-state index is 12.0. The van der Waals surface area contributed by atoms with E-state index in [1.807, 2.05) is 24.1 Å². The van der Waals surface area contributed by atoms with Gasteiger partial charge in [0, 0.05) is 25.5 Å². The van der Waals surface area contributed by atoms with Crippen molar-refractivity contribution in [3.8, 4) is 0 Å². The fourth-order valence-corrected chi connectivity index (χ4v) is 2.36. The molecule has 0 spiro atoms. The molecule has 2 N–H and O–H groups in total. The monoisotopic (exact) mass is 248 g/mol. The van der Waals surface area contributed by atoms with Crippen LogP contribution < -0.4 is 10.6 Å². The largest absolute Gasteiger partial charge is 0.329 e. The third-order valence-electron chi connectivity index (χ3n) is 3.33. The van der Waals surface area contributed by atoms with Crippen molar-refractivity contribution in [2.75, 3.05) is 20.1 Å². The van der Waals surface area contributed by atoms with Crippen molar-refractivity contribution < 1.29 is 4.79 Å². The SMILES string of the molecule is CNCC(C)(C)N1CC(c2cccnc2)NC1=O. The van der Waals surface area contributed by atoms with Crippen molar-refractivity contribution >= 4 is 6.03 Å². The summed E-state index contributed by atoms with van der Waals surface area (Å²) in [6.07, 6.45) is 3.54. The Morgan fingerprint density at radius 2 is 2.39 bits per heavy atom. The fraction of sp³-hybridized carbons (Fsp3) is 0.538. The molecule has 2 heterocycles. The van der Waals surface area contributed by atoms with Gasteiger partial charge in [-0.2, -0.15) is 0 Å². The molecule has 0 radical (unpaired) electrons. The maximum Gasteiger partial charge on any atom is 0.318 e. The number of rotatable bonds is 4. The summed E-state index contributed by atoms with van der Waals surface area (Å²) < 4.78 is 0. The van der Waals surface area contributed by atoms with E-state index in [9.17, 15) is 4.79 Å². The summed E-state index contributed by atoms with van der Waals surface area (Å²) in [6.45, 7) is 5.57. The normalized spacial score (nSPS) is 20.1. The lowest BCUT2D eigenvalue weighted by atomic mass is 10.0. The molecule has 1 atom stereocenters. The van der Waals surface area contributed by atoms with Gasteiger partial charge >= 0.3 is 6.03 Å². The fourth-order valence-electron chi connectivity index (χ4n) is 2.36. The minimum absolute atomic E-state index is 0.0101. The second-order valence-electron chi connectivity index (χ2n) is 5.24. The molecule has 5 heteroatoms. The van der Waals surface area contributed by atoms with Crippen molar-refractivity contribution in [3.05, 3.63) is 30.1 Å². The van der Waals surface area contributed by atoms with Gasteiger partial charge in [0.1, 0.15) is 0 Å². The van der Waals surface area contributed by atoms with E-state index in [1.165, 1.54) is 0 Å². The van der Waals surface area contributed by atoms with Gasteiger partial charge in [0.25, 0.3) is 0 Å². The van der Waals surface area contributed by atoms with Crippen LogP contribution in [-0.4, -0.2) is 41.6 Å². The molecule has 0 saturated carbocycles. The molecule has 1 saturated heterocycles. The predicted molar refractivity (Wildman–Crippen MR) is 70.2 cm³/mol. The number of carbonyl (C=O) groups is 1. The van der Waals surface area contributed by atoms with Gasteiger partial charge in [-0.1, -0.05) is 6.07 Å². The molecule has 1 aliphatic heterocycles. The first-order valence-electron chi connectivity index (χ1n) is 6.17. The lowest BCUT2D eigenvalue weighted by Crippen LogP contribution is -2.51. The Morgan fingerprint density at radius 3 is 3.00 bits per heavy atom. The van der Waals surface area contributed by atoms with E-state index in [4.69, 9.17) is 0 Å². The Hall–Kier alpha value is -1.62. The number of nitrogens with zero attached hydrogens (tertiary/aromatic N) is 2. The van der Waals surface area contributed by atoms with Gasteiger partial charge in [-0.15, -0.1) is 0 Å². The highest BCUT2D eigenvalue weighted by atomic mass is 16.2. The summed E-state index contributed by atoms with van der Waals surface area (Å²) in [7, 11) is 1.90. The minimum atomic E-state index is -0.199. The lowest BCUT2D eigenvalue weighted by Gasteiger charge is -2.34. The third kappa shape index (κ3) is 2.46. The summed E-state index contributed by atoms with van der Waals surface area (Å²) in [4.78, 5) is 18.0. The highest BCUT2D eigenvalue weighted by Gasteiger charge is 2.38. The number of amides is 2. The van der Waals surface area contributed by atoms with Crippen molar-refractivity contribution in [3.63, 3.8) is 0 Å². The summed E-state index contributed by atoms with van der Waals surface area (Å²) in [5, 5.41) is 6.13. The van der Waals surface area contributed by atoms with E-state index in [1.54, 1.807) is 12.4 Å². The van der Waals surface area contributed by atoms with E-state index in [-0.39, 0.29) is 17.6 Å². The number of pyridine rings is 1. The molecule has 1 unspecified atom stereocenters. The molecular formula is C13H20N4O. The molecule has 1 fully saturated rings. The van der Waals surface area contributed by atoms with Gasteiger partial charge in [-0.3, -0.25) is 4.98 Å². The van der Waals surface area contributed by atoms with Crippen LogP contribution in [0.25, 0.3) is 0 Å². The number of carbonyl (C=O) groups excluding carboxylic acids is 1. The Kier molecular flexibility index (Phi) is 3.52. The van der Waals surface area contributed by atoms with Crippen LogP contribution in [0.15, 0.2) is 24.5 Å². The zero-order valence-electron chi connectivity index (χ0n) is 11.1. The number of likely N-dealkylation sites (N-methyl/N-ethyl adjacent to an activating group) is 1. The molecule has 18 heavy (non-hydrogen) atoms. The smallest absolute Gasteiger partial charge is 0.318 e. The number of hydrogen-bond acceptors (Lipinski definition) is 3. The van der Waals surface area contributed by atoms with Crippen LogP contribution in [-0.2, 0) is 0 Å². The summed E-state index contributed by atoms with van der Waals surface area (Å²) in [6, 6.07) is 3.90. The molecule has 0 aliphatic carbocycles. The summed E-state index contributed by atoms with van der Waals surface area (Å²) in [5.41, 5.74) is 0.851. The van der Waals surface area contributed by atoms with E-state index in [0.29, 0.717) is 6.54 Å². The van der Waals surface area contributed by atoms with Crippen LogP contribution in [0.2, 0.25) is 0 Å². The molecule has 2 rings (SSSR count). The molecule has 0 aromatic carbocycles. The molecule has 1 aliphatic rings. The van der Waals surface area contributed by atoms with Gasteiger partial charge < -0.3 is 15.5 Å². The second kappa shape index (κ2) is 4.94. The Labute approximate surface area is 108 Å². The topological polar surface area (TPSA) is 57.3 Å². The van der Waals surface area contributed by atoms with Crippen molar-refractivity contribution in [1.29, 1.82) is 0 Å². The van der Waals surface area contributed by atoms with Crippen molar-refractivity contribution in [2.45, 2.75) is 25.4 Å². The number of aromatic nitrogens is 1. The van der Waals surface area contributed by atoms with E-state index < -0.39 is 0 Å². The van der Waals surface area contributed by atoms with Gasteiger partial charge in [0.05, 0.1) is 11.6 Å². The van der Waals surface area contributed by atoms with Gasteiger partial charge in [0.2, 0.25) is 0 Å². The van der Waals surface area contributed by atoms with Gasteiger partial charge in [-0.05, 0) is 32.5 Å². The minimum Gasteiger partial charge on any atom is -0.329 e. The highest BCUT2D eigenvalue weighted by Crippen LogP contribution is 2.25. The van der Waals surface area contributed by atoms with E-state index in [2.05, 4.69) is 29.5 Å². The van der Waals surface area contributed by atoms with Crippen molar-refractivity contribution in [1.82, 2.24) is 20.5 Å². The zero-order valence-corrected chi connectivity index (χ0v) is 11.1. The van der Waals surface area contributed by atoms with E-state index in [0.717, 1.165) is 12.1 Å². The van der Waals surface area contributed by atoms with Crippen LogP contribution >= 0.6 is 0 Å². The average molecular weight is 248 g/mol. The molecule has 5 nitrogen and oxygen atoms in total. The first kappa shape index (κ1) is 12.8. The molecular weight excluding hydrogens is 228 g/mol. The Balaban J connectivity index is 2.12. The molecule has 98 valence electrons. The van der Waals surface area contributed by atoms with Crippen LogP contribution in [0.4, 0.5) is 4.79 Å². The molecule has 2 amide bonds. The highest BCUT2D eigenvalue weighted by molar-refractivity contribution is 5.78. The van der Waals surface area contributed by atoms with Crippen LogP contribution in [0, 0.1) is 0 Å². The summed E-state index contributed by atoms with van der Waals surface area (Å²) >= 11 is 0. The third-order valence-corrected chi connectivity index (χ3v) is 3.33. The number of nitrogens with one attached hydrogen (secondary N) is 2. The molecule has 0 bridgehead atoms. The number of urea groups is 1. The van der Waals surface area contributed by atoms with Gasteiger partial charge in [0.15, 0.2) is 0 Å². The Morgan fingerprint density at radius 1 is 1.61 bits per heavy atom. The molecule has 1 aromatic heterocycles. The van der Waals surface area contributed by atoms with Crippen LogP contribution in [0.3, 0.4) is 0 Å². The maximum atomic E-state index is 12.0. The van der Waals surface area contributed by atoms with Gasteiger partial charge in [-0.25, -0.2) is 4.79 Å². The van der Waals surface area contributed by atoms with Crippen LogP contribution in [0.5, 0.6) is 0 Å². The second-order valence-corrected chi connectivity index (χ2v) is 5.24. The lowest BCUT2D eigenvalue weighted by molar-refractivity contribution is 0.158. The van der Waals surface area contributed by atoms with Crippen molar-refractivity contribution in [2.24, 2.45) is 0 Å². The van der Waals surface area contributed by atoms with Crippen LogP contribution in [0.1, 0.15) is 25.5 Å². The first-order chi connectivity index (χ1) is 8.54. The predicted octanol–water partition coefficient (Wildman–Crippen LogP) is 1.15. The molecule has 1 aromatic rings. The van der Waals surface area contributed by atoms with E-state index >= 15 is 0 Å².